The van der Waals surface area contributed by atoms with Crippen LogP contribution in [-0.2, 0) is 4.79 Å². The normalized spacial score (nSPS) is 15.4. The Morgan fingerprint density at radius 3 is 2.53 bits per heavy atom. The molecular formula is C13H15N3O. The molecular weight excluding hydrogens is 214 g/mol. The van der Waals surface area contributed by atoms with E-state index in [4.69, 9.17) is 11.1 Å². The zero-order valence-corrected chi connectivity index (χ0v) is 9.44. The number of hydrogen-bond donors (Lipinski definition) is 3. The fourth-order valence-electron chi connectivity index (χ4n) is 1.52. The van der Waals surface area contributed by atoms with E-state index in [0.29, 0.717) is 5.70 Å². The molecule has 0 heterocycles. The van der Waals surface area contributed by atoms with E-state index in [1.165, 1.54) is 6.08 Å². The molecule has 0 aromatic heterocycles. The van der Waals surface area contributed by atoms with Crippen LogP contribution in [-0.4, -0.2) is 12.1 Å². The van der Waals surface area contributed by atoms with Gasteiger partial charge in [0.25, 0.3) is 0 Å². The van der Waals surface area contributed by atoms with Crippen LogP contribution in [0.25, 0.3) is 5.70 Å². The zero-order chi connectivity index (χ0) is 12.3. The molecule has 17 heavy (non-hydrogen) atoms. The van der Waals surface area contributed by atoms with Crippen molar-refractivity contribution in [2.75, 3.05) is 5.32 Å². The van der Waals surface area contributed by atoms with Crippen molar-refractivity contribution in [2.45, 2.75) is 12.8 Å². The van der Waals surface area contributed by atoms with Crippen LogP contribution in [0.1, 0.15) is 18.4 Å². The highest BCUT2D eigenvalue weighted by molar-refractivity contribution is 5.94. The van der Waals surface area contributed by atoms with Crippen molar-refractivity contribution >= 4 is 23.5 Å². The number of hydrogen-bond acceptors (Lipinski definition) is 3. The first kappa shape index (κ1) is 11.4. The van der Waals surface area contributed by atoms with Crippen LogP contribution in [0.2, 0.25) is 0 Å². The standard InChI is InChI=1S/C13H15N3O/c14-8-7-12(15)9-3-5-11(6-4-9)16-13(17)10-1-2-10/h3-8,10,14H,1-2,15H2,(H,16,17)/b12-7-,14-8?. The van der Waals surface area contributed by atoms with Crippen LogP contribution in [0.15, 0.2) is 30.3 Å². The predicted octanol–water partition coefficient (Wildman–Crippen LogP) is 1.98. The summed E-state index contributed by atoms with van der Waals surface area (Å²) < 4.78 is 0. The largest absolute Gasteiger partial charge is 0.398 e. The van der Waals surface area contributed by atoms with Crippen molar-refractivity contribution in [1.82, 2.24) is 0 Å². The van der Waals surface area contributed by atoms with E-state index in [1.807, 2.05) is 24.3 Å². The molecule has 1 aliphatic rings. The number of allylic oxidation sites excluding steroid dienone is 1. The second-order valence-electron chi connectivity index (χ2n) is 4.13. The van der Waals surface area contributed by atoms with Crippen LogP contribution in [0.3, 0.4) is 0 Å². The first-order valence-electron chi connectivity index (χ1n) is 5.58. The molecule has 1 aromatic rings. The Morgan fingerprint density at radius 2 is 2.00 bits per heavy atom. The quantitative estimate of drug-likeness (QED) is 0.690. The first-order valence-corrected chi connectivity index (χ1v) is 5.58. The summed E-state index contributed by atoms with van der Waals surface area (Å²) in [5.41, 5.74) is 7.91. The molecule has 4 heteroatoms. The Morgan fingerprint density at radius 1 is 1.35 bits per heavy atom. The average molecular weight is 229 g/mol. The number of carbonyl (C=O) groups excluding carboxylic acids is 1. The number of carbonyl (C=O) groups is 1. The second kappa shape index (κ2) is 4.82. The molecule has 0 saturated heterocycles. The van der Waals surface area contributed by atoms with Gasteiger partial charge in [0.2, 0.25) is 5.91 Å². The summed E-state index contributed by atoms with van der Waals surface area (Å²) in [4.78, 5) is 11.5. The molecule has 0 bridgehead atoms. The van der Waals surface area contributed by atoms with Crippen molar-refractivity contribution < 1.29 is 4.79 Å². The van der Waals surface area contributed by atoms with Crippen LogP contribution in [0.4, 0.5) is 5.69 Å². The SMILES string of the molecule is N=C/C=C(\N)c1ccc(NC(=O)C2CC2)cc1. The third-order valence-corrected chi connectivity index (χ3v) is 2.70. The number of nitrogens with one attached hydrogen (secondary N) is 2. The molecule has 0 radical (unpaired) electrons. The Hall–Kier alpha value is -2.10. The molecule has 0 spiro atoms. The highest BCUT2D eigenvalue weighted by Gasteiger charge is 2.29. The summed E-state index contributed by atoms with van der Waals surface area (Å²) >= 11 is 0. The van der Waals surface area contributed by atoms with Crippen molar-refractivity contribution in [2.24, 2.45) is 11.7 Å². The molecule has 4 nitrogen and oxygen atoms in total. The summed E-state index contributed by atoms with van der Waals surface area (Å²) in [5.74, 6) is 0.304. The monoisotopic (exact) mass is 229 g/mol. The molecule has 0 atom stereocenters. The highest BCUT2D eigenvalue weighted by atomic mass is 16.2. The minimum Gasteiger partial charge on any atom is -0.398 e. The number of nitrogens with two attached hydrogens (primary N) is 1. The molecule has 0 aliphatic heterocycles. The Kier molecular flexibility index (Phi) is 3.23. The number of rotatable bonds is 4. The van der Waals surface area contributed by atoms with Gasteiger partial charge in [-0.1, -0.05) is 12.1 Å². The lowest BCUT2D eigenvalue weighted by Gasteiger charge is -2.05. The number of anilines is 1. The number of amides is 1. The molecule has 2 rings (SSSR count). The van der Waals surface area contributed by atoms with Gasteiger partial charge in [-0.25, -0.2) is 0 Å². The van der Waals surface area contributed by atoms with E-state index in [9.17, 15) is 4.79 Å². The van der Waals surface area contributed by atoms with Gasteiger partial charge in [0, 0.05) is 23.5 Å². The summed E-state index contributed by atoms with van der Waals surface area (Å²) in [7, 11) is 0. The molecule has 1 saturated carbocycles. The molecule has 1 amide bonds. The van der Waals surface area contributed by atoms with E-state index in [2.05, 4.69) is 5.32 Å². The molecule has 1 aliphatic carbocycles. The van der Waals surface area contributed by atoms with Gasteiger partial charge < -0.3 is 16.5 Å². The lowest BCUT2D eigenvalue weighted by Crippen LogP contribution is -2.13. The Bertz CT molecular complexity index is 458. The van der Waals surface area contributed by atoms with Crippen molar-refractivity contribution in [3.05, 3.63) is 35.9 Å². The van der Waals surface area contributed by atoms with Crippen LogP contribution < -0.4 is 11.1 Å². The van der Waals surface area contributed by atoms with Gasteiger partial charge in [0.05, 0.1) is 0 Å². The van der Waals surface area contributed by atoms with Crippen molar-refractivity contribution in [3.8, 4) is 0 Å². The smallest absolute Gasteiger partial charge is 0.227 e. The lowest BCUT2D eigenvalue weighted by molar-refractivity contribution is -0.117. The van der Waals surface area contributed by atoms with Crippen LogP contribution in [0.5, 0.6) is 0 Å². The molecule has 88 valence electrons. The first-order chi connectivity index (χ1) is 8.20. The average Bonchev–Trinajstić information content (AvgIpc) is 3.14. The summed E-state index contributed by atoms with van der Waals surface area (Å²) in [6.45, 7) is 0. The fraction of sp³-hybridized carbons (Fsp3) is 0.231. The maximum atomic E-state index is 11.5. The summed E-state index contributed by atoms with van der Waals surface area (Å²) in [6, 6.07) is 7.30. The second-order valence-corrected chi connectivity index (χ2v) is 4.13. The summed E-state index contributed by atoms with van der Waals surface area (Å²) in [5, 5.41) is 9.79. The molecule has 4 N–H and O–H groups in total. The lowest BCUT2D eigenvalue weighted by atomic mass is 10.1. The molecule has 0 unspecified atom stereocenters. The van der Waals surface area contributed by atoms with E-state index >= 15 is 0 Å². The highest BCUT2D eigenvalue weighted by Crippen LogP contribution is 2.30. The fourth-order valence-corrected chi connectivity index (χ4v) is 1.52. The van der Waals surface area contributed by atoms with Crippen LogP contribution in [0, 0.1) is 11.3 Å². The summed E-state index contributed by atoms with van der Waals surface area (Å²) in [6.07, 6.45) is 4.67. The van der Waals surface area contributed by atoms with Crippen LogP contribution >= 0.6 is 0 Å². The van der Waals surface area contributed by atoms with Gasteiger partial charge in [-0.3, -0.25) is 4.79 Å². The van der Waals surface area contributed by atoms with Crippen molar-refractivity contribution in [3.63, 3.8) is 0 Å². The minimum absolute atomic E-state index is 0.0979. The topological polar surface area (TPSA) is 79.0 Å². The van der Waals surface area contributed by atoms with E-state index in [-0.39, 0.29) is 11.8 Å². The van der Waals surface area contributed by atoms with Gasteiger partial charge in [0.1, 0.15) is 0 Å². The number of benzene rings is 1. The van der Waals surface area contributed by atoms with Gasteiger partial charge in [-0.05, 0) is 36.6 Å². The third kappa shape index (κ3) is 2.93. The van der Waals surface area contributed by atoms with Gasteiger partial charge in [-0.2, -0.15) is 0 Å². The van der Waals surface area contributed by atoms with Gasteiger partial charge in [-0.15, -0.1) is 0 Å². The maximum Gasteiger partial charge on any atom is 0.227 e. The Labute approximate surface area is 100 Å². The third-order valence-electron chi connectivity index (χ3n) is 2.70. The van der Waals surface area contributed by atoms with E-state index in [1.54, 1.807) is 0 Å². The van der Waals surface area contributed by atoms with Gasteiger partial charge in [0.15, 0.2) is 0 Å². The minimum atomic E-state index is 0.0979. The van der Waals surface area contributed by atoms with E-state index < -0.39 is 0 Å². The van der Waals surface area contributed by atoms with E-state index in [0.717, 1.165) is 30.3 Å². The molecule has 1 fully saturated rings. The molecule has 1 aromatic carbocycles. The predicted molar refractivity (Wildman–Crippen MR) is 68.7 cm³/mol. The Balaban J connectivity index is 2.04. The van der Waals surface area contributed by atoms with Gasteiger partial charge >= 0.3 is 0 Å². The zero-order valence-electron chi connectivity index (χ0n) is 9.44. The van der Waals surface area contributed by atoms with Crippen molar-refractivity contribution in [1.29, 1.82) is 5.41 Å². The maximum absolute atomic E-state index is 11.5.